The van der Waals surface area contributed by atoms with E-state index < -0.39 is 0 Å². The van der Waals surface area contributed by atoms with Crippen molar-refractivity contribution in [2.75, 3.05) is 13.2 Å². The van der Waals surface area contributed by atoms with Crippen molar-refractivity contribution in [3.8, 4) is 22.6 Å². The summed E-state index contributed by atoms with van der Waals surface area (Å²) < 4.78 is 11.7. The lowest BCUT2D eigenvalue weighted by Gasteiger charge is -2.14. The Bertz CT molecular complexity index is 779. The highest BCUT2D eigenvalue weighted by atomic mass is 16.5. The van der Waals surface area contributed by atoms with Crippen LogP contribution in [0.15, 0.2) is 42.5 Å². The van der Waals surface area contributed by atoms with Gasteiger partial charge in [-0.15, -0.1) is 0 Å². The van der Waals surface area contributed by atoms with E-state index in [1.165, 1.54) is 0 Å². The Balaban J connectivity index is 1.70. The van der Waals surface area contributed by atoms with Crippen molar-refractivity contribution in [3.63, 3.8) is 0 Å². The molecule has 1 aliphatic carbocycles. The molecule has 0 aliphatic heterocycles. The minimum Gasteiger partial charge on any atom is -0.493 e. The highest BCUT2D eigenvalue weighted by Crippen LogP contribution is 2.39. The van der Waals surface area contributed by atoms with E-state index in [9.17, 15) is 9.90 Å². The number of hydrogen-bond donors (Lipinski definition) is 1. The summed E-state index contributed by atoms with van der Waals surface area (Å²) in [4.78, 5) is 11.3. The molecule has 0 bridgehead atoms. The molecule has 2 aromatic rings. The van der Waals surface area contributed by atoms with Crippen LogP contribution in [0.4, 0.5) is 0 Å². The van der Waals surface area contributed by atoms with Gasteiger partial charge in [0.2, 0.25) is 0 Å². The number of carbonyl (C=O) groups excluding carboxylic acids is 1. The van der Waals surface area contributed by atoms with Crippen LogP contribution in [-0.2, 0) is 11.2 Å². The summed E-state index contributed by atoms with van der Waals surface area (Å²) in [6, 6.07) is 14.1. The normalized spacial score (nSPS) is 18.4. The summed E-state index contributed by atoms with van der Waals surface area (Å²) in [6.45, 7) is 6.37. The molecule has 1 saturated carbocycles. The fourth-order valence-corrected chi connectivity index (χ4v) is 3.32. The molecule has 0 spiro atoms. The molecule has 1 fully saturated rings. The summed E-state index contributed by atoms with van der Waals surface area (Å²) in [7, 11) is 0. The lowest BCUT2D eigenvalue weighted by molar-refractivity contribution is -0.118. The number of aliphatic hydroxyl groups excluding tert-OH is 1. The third kappa shape index (κ3) is 5.33. The quantitative estimate of drug-likeness (QED) is 0.718. The number of aliphatic hydroxyl groups is 1. The lowest BCUT2D eigenvalue weighted by atomic mass is 10.0. The first-order chi connectivity index (χ1) is 13.0. The number of Topliss-reactive ketones (excluding diaryl/α,β-unsaturated/α-hetero) is 1. The molecule has 4 heteroatoms. The van der Waals surface area contributed by atoms with Crippen LogP contribution in [0, 0.1) is 11.8 Å². The summed E-state index contributed by atoms with van der Waals surface area (Å²) in [5.74, 6) is 2.46. The molecule has 0 amide bonds. The number of benzene rings is 2. The molecule has 144 valence electrons. The zero-order valence-corrected chi connectivity index (χ0v) is 16.3. The highest BCUT2D eigenvalue weighted by Gasteiger charge is 2.41. The van der Waals surface area contributed by atoms with Crippen molar-refractivity contribution in [1.29, 1.82) is 0 Å². The number of rotatable bonds is 9. The van der Waals surface area contributed by atoms with Crippen LogP contribution in [-0.4, -0.2) is 30.2 Å². The predicted octanol–water partition coefficient (Wildman–Crippen LogP) is 4.28. The summed E-state index contributed by atoms with van der Waals surface area (Å²) in [5, 5.41) is 9.27. The van der Waals surface area contributed by atoms with Crippen molar-refractivity contribution >= 4 is 5.78 Å². The molecule has 3 rings (SSSR count). The van der Waals surface area contributed by atoms with Crippen molar-refractivity contribution in [2.24, 2.45) is 11.8 Å². The van der Waals surface area contributed by atoms with Crippen molar-refractivity contribution in [2.45, 2.75) is 39.7 Å². The van der Waals surface area contributed by atoms with Gasteiger partial charge in [0, 0.05) is 18.4 Å². The van der Waals surface area contributed by atoms with Gasteiger partial charge < -0.3 is 14.6 Å². The van der Waals surface area contributed by atoms with Crippen LogP contribution in [0.5, 0.6) is 11.5 Å². The van der Waals surface area contributed by atoms with E-state index in [2.05, 4.69) is 6.07 Å². The molecule has 1 aliphatic rings. The monoisotopic (exact) mass is 368 g/mol. The minimum atomic E-state index is 0.0965. The average molecular weight is 368 g/mol. The predicted molar refractivity (Wildman–Crippen MR) is 106 cm³/mol. The summed E-state index contributed by atoms with van der Waals surface area (Å²) >= 11 is 0. The molecule has 2 atom stereocenters. The summed E-state index contributed by atoms with van der Waals surface area (Å²) in [5.41, 5.74) is 3.18. The first kappa shape index (κ1) is 19.4. The Kier molecular flexibility index (Phi) is 6.17. The Morgan fingerprint density at radius 1 is 1.11 bits per heavy atom. The lowest BCUT2D eigenvalue weighted by Crippen LogP contribution is -2.06. The maximum absolute atomic E-state index is 11.3. The van der Waals surface area contributed by atoms with E-state index in [0.717, 1.165) is 34.6 Å². The molecule has 0 aromatic heterocycles. The maximum Gasteiger partial charge on any atom is 0.133 e. The molecule has 1 N–H and O–H groups in total. The fraction of sp³-hybridized carbons (Fsp3) is 0.435. The molecular weight excluding hydrogens is 340 g/mol. The topological polar surface area (TPSA) is 55.8 Å². The second-order valence-corrected chi connectivity index (χ2v) is 7.55. The zero-order valence-electron chi connectivity index (χ0n) is 16.3. The van der Waals surface area contributed by atoms with Gasteiger partial charge >= 0.3 is 0 Å². The van der Waals surface area contributed by atoms with Crippen molar-refractivity contribution < 1.29 is 19.4 Å². The Labute approximate surface area is 161 Å². The molecule has 4 nitrogen and oxygen atoms in total. The van der Waals surface area contributed by atoms with Crippen LogP contribution in [0.3, 0.4) is 0 Å². The number of ketones is 1. The van der Waals surface area contributed by atoms with Gasteiger partial charge in [-0.3, -0.25) is 4.79 Å². The zero-order chi connectivity index (χ0) is 19.4. The second-order valence-electron chi connectivity index (χ2n) is 7.55. The van der Waals surface area contributed by atoms with E-state index in [4.69, 9.17) is 9.47 Å². The van der Waals surface area contributed by atoms with Gasteiger partial charge in [-0.05, 0) is 74.6 Å². The minimum absolute atomic E-state index is 0.0965. The highest BCUT2D eigenvalue weighted by molar-refractivity contribution is 5.81. The van der Waals surface area contributed by atoms with Crippen molar-refractivity contribution in [1.82, 2.24) is 0 Å². The van der Waals surface area contributed by atoms with Crippen LogP contribution >= 0.6 is 0 Å². The van der Waals surface area contributed by atoms with Crippen LogP contribution in [0.1, 0.15) is 32.8 Å². The third-order valence-corrected chi connectivity index (χ3v) is 4.84. The maximum atomic E-state index is 11.3. The largest absolute Gasteiger partial charge is 0.493 e. The van der Waals surface area contributed by atoms with Gasteiger partial charge in [0.05, 0.1) is 12.7 Å². The molecule has 2 aromatic carbocycles. The van der Waals surface area contributed by atoms with Gasteiger partial charge in [-0.1, -0.05) is 18.2 Å². The molecule has 27 heavy (non-hydrogen) atoms. The van der Waals surface area contributed by atoms with E-state index in [0.29, 0.717) is 18.9 Å². The number of ether oxygens (including phenoxy) is 2. The first-order valence-electron chi connectivity index (χ1n) is 9.61. The van der Waals surface area contributed by atoms with Gasteiger partial charge in [-0.2, -0.15) is 0 Å². The Morgan fingerprint density at radius 3 is 2.44 bits per heavy atom. The standard InChI is InChI=1S/C23H28O4/c1-15(2)27-22-11-17(8-9-24)10-19(12-22)18-4-6-21(7-5-18)26-14-20-13-23(20)16(3)25/h4-7,10-12,15,20,23-24H,8-9,13-14H2,1-3H3. The van der Waals surface area contributed by atoms with E-state index in [-0.39, 0.29) is 24.4 Å². The molecule has 0 radical (unpaired) electrons. The fourth-order valence-electron chi connectivity index (χ4n) is 3.32. The van der Waals surface area contributed by atoms with E-state index >= 15 is 0 Å². The van der Waals surface area contributed by atoms with Gasteiger partial charge in [0.1, 0.15) is 17.3 Å². The second kappa shape index (κ2) is 8.57. The van der Waals surface area contributed by atoms with Crippen LogP contribution in [0.25, 0.3) is 11.1 Å². The average Bonchev–Trinajstić information content (AvgIpc) is 3.40. The third-order valence-electron chi connectivity index (χ3n) is 4.84. The number of hydrogen-bond acceptors (Lipinski definition) is 4. The van der Waals surface area contributed by atoms with Gasteiger partial charge in [-0.25, -0.2) is 0 Å². The van der Waals surface area contributed by atoms with Crippen LogP contribution < -0.4 is 9.47 Å². The molecule has 0 heterocycles. The van der Waals surface area contributed by atoms with Crippen LogP contribution in [0.2, 0.25) is 0 Å². The van der Waals surface area contributed by atoms with E-state index in [1.807, 2.05) is 50.2 Å². The SMILES string of the molecule is CC(=O)C1CC1COc1ccc(-c2cc(CCO)cc(OC(C)C)c2)cc1. The Hall–Kier alpha value is -2.33. The molecule has 0 saturated heterocycles. The Morgan fingerprint density at radius 2 is 1.85 bits per heavy atom. The van der Waals surface area contributed by atoms with Crippen molar-refractivity contribution in [3.05, 3.63) is 48.0 Å². The smallest absolute Gasteiger partial charge is 0.133 e. The van der Waals surface area contributed by atoms with E-state index in [1.54, 1.807) is 6.92 Å². The molecular formula is C23H28O4. The number of carbonyl (C=O) groups is 1. The first-order valence-corrected chi connectivity index (χ1v) is 9.61. The van der Waals surface area contributed by atoms with Gasteiger partial charge in [0.15, 0.2) is 0 Å². The van der Waals surface area contributed by atoms with Gasteiger partial charge in [0.25, 0.3) is 0 Å². The molecule has 2 unspecified atom stereocenters. The summed E-state index contributed by atoms with van der Waals surface area (Å²) in [6.07, 6.45) is 1.64.